The van der Waals surface area contributed by atoms with Crippen molar-refractivity contribution < 1.29 is 13.9 Å². The Hall–Kier alpha value is -1.38. The summed E-state index contributed by atoms with van der Waals surface area (Å²) in [6, 6.07) is 4.36. The molecule has 0 unspecified atom stereocenters. The van der Waals surface area contributed by atoms with Gasteiger partial charge < -0.3 is 4.74 Å². The second-order valence-corrected chi connectivity index (χ2v) is 4.16. The van der Waals surface area contributed by atoms with Gasteiger partial charge in [0.1, 0.15) is 18.2 Å². The summed E-state index contributed by atoms with van der Waals surface area (Å²) in [4.78, 5) is 11.7. The fraction of sp³-hybridized carbons (Fsp3) is 0.417. The molecule has 1 aromatic rings. The third-order valence-electron chi connectivity index (χ3n) is 2.69. The van der Waals surface area contributed by atoms with Gasteiger partial charge in [-0.05, 0) is 12.0 Å². The fourth-order valence-electron chi connectivity index (χ4n) is 2.03. The first-order valence-corrected chi connectivity index (χ1v) is 5.04. The summed E-state index contributed by atoms with van der Waals surface area (Å²) in [6.45, 7) is 4.03. The Morgan fingerprint density at radius 2 is 2.20 bits per heavy atom. The molecule has 0 N–H and O–H groups in total. The molecule has 0 saturated heterocycles. The van der Waals surface area contributed by atoms with Gasteiger partial charge in [0.25, 0.3) is 0 Å². The topological polar surface area (TPSA) is 26.3 Å². The molecule has 80 valence electrons. The van der Waals surface area contributed by atoms with Gasteiger partial charge >= 0.3 is 0 Å². The average Bonchev–Trinajstić information content (AvgIpc) is 2.17. The van der Waals surface area contributed by atoms with Crippen LogP contribution in [0.5, 0.6) is 5.75 Å². The number of carbonyl (C=O) groups is 1. The molecule has 15 heavy (non-hydrogen) atoms. The molecule has 2 nitrogen and oxygen atoms in total. The van der Waals surface area contributed by atoms with E-state index in [1.54, 1.807) is 6.07 Å². The number of benzene rings is 1. The Morgan fingerprint density at radius 1 is 1.47 bits per heavy atom. The molecule has 0 radical (unpaired) electrons. The van der Waals surface area contributed by atoms with Crippen LogP contribution < -0.4 is 4.74 Å². The zero-order chi connectivity index (χ0) is 11.0. The molecule has 1 aliphatic rings. The molecular weight excluding hydrogens is 195 g/mol. The molecule has 0 saturated carbocycles. The molecule has 1 heterocycles. The normalized spacial score (nSPS) is 20.0. The average molecular weight is 208 g/mol. The Morgan fingerprint density at radius 3 is 2.87 bits per heavy atom. The summed E-state index contributed by atoms with van der Waals surface area (Å²) >= 11 is 0. The summed E-state index contributed by atoms with van der Waals surface area (Å²) in [6.07, 6.45) is 0. The Bertz CT molecular complexity index is 399. The van der Waals surface area contributed by atoms with Crippen LogP contribution in [0, 0.1) is 11.7 Å². The quantitative estimate of drug-likeness (QED) is 0.708. The second-order valence-electron chi connectivity index (χ2n) is 4.16. The lowest BCUT2D eigenvalue weighted by atomic mass is 9.83. The number of Topliss-reactive ketones (excluding diaryl/α,β-unsaturated/α-hetero) is 1. The van der Waals surface area contributed by atoms with Crippen LogP contribution >= 0.6 is 0 Å². The first-order valence-electron chi connectivity index (χ1n) is 5.04. The van der Waals surface area contributed by atoms with Crippen LogP contribution in [0.3, 0.4) is 0 Å². The molecule has 1 aliphatic heterocycles. The number of ether oxygens (including phenoxy) is 1. The number of hydrogen-bond donors (Lipinski definition) is 0. The second kappa shape index (κ2) is 3.65. The number of ketones is 1. The summed E-state index contributed by atoms with van der Waals surface area (Å²) in [5.41, 5.74) is 0.808. The van der Waals surface area contributed by atoms with E-state index in [9.17, 15) is 9.18 Å². The summed E-state index contributed by atoms with van der Waals surface area (Å²) in [5, 5.41) is 0. The molecule has 0 fully saturated rings. The van der Waals surface area contributed by atoms with E-state index in [4.69, 9.17) is 4.74 Å². The molecule has 3 heteroatoms. The lowest BCUT2D eigenvalue weighted by Gasteiger charge is -2.27. The minimum atomic E-state index is -0.328. The lowest BCUT2D eigenvalue weighted by molar-refractivity contribution is -0.124. The summed E-state index contributed by atoms with van der Waals surface area (Å²) in [7, 11) is 0. The highest BCUT2D eigenvalue weighted by molar-refractivity contribution is 5.89. The number of halogens is 1. The van der Waals surface area contributed by atoms with E-state index < -0.39 is 0 Å². The van der Waals surface area contributed by atoms with Crippen LogP contribution in [-0.2, 0) is 4.79 Å². The van der Waals surface area contributed by atoms with Gasteiger partial charge in [-0.1, -0.05) is 19.9 Å². The summed E-state index contributed by atoms with van der Waals surface area (Å²) in [5.74, 6) is 0.308. The number of hydrogen-bond acceptors (Lipinski definition) is 2. The smallest absolute Gasteiger partial charge is 0.178 e. The van der Waals surface area contributed by atoms with Gasteiger partial charge in [-0.3, -0.25) is 4.79 Å². The minimum absolute atomic E-state index is 0.0549. The van der Waals surface area contributed by atoms with Crippen molar-refractivity contribution in [3.05, 3.63) is 29.6 Å². The Balaban J connectivity index is 2.48. The van der Waals surface area contributed by atoms with Crippen LogP contribution in [0.4, 0.5) is 4.39 Å². The minimum Gasteiger partial charge on any atom is -0.485 e. The lowest BCUT2D eigenvalue weighted by Crippen LogP contribution is -2.29. The van der Waals surface area contributed by atoms with Gasteiger partial charge in [0, 0.05) is 11.6 Å². The van der Waals surface area contributed by atoms with Crippen molar-refractivity contribution in [1.82, 2.24) is 0 Å². The fourth-order valence-corrected chi connectivity index (χ4v) is 2.03. The molecule has 1 atom stereocenters. The highest BCUT2D eigenvalue weighted by atomic mass is 19.1. The maximum absolute atomic E-state index is 13.0. The summed E-state index contributed by atoms with van der Waals surface area (Å²) < 4.78 is 18.2. The molecule has 0 bridgehead atoms. The molecular formula is C12H13FO2. The molecule has 0 aliphatic carbocycles. The third kappa shape index (κ3) is 1.74. The van der Waals surface area contributed by atoms with Crippen molar-refractivity contribution in [2.45, 2.75) is 19.8 Å². The van der Waals surface area contributed by atoms with Crippen molar-refractivity contribution in [3.8, 4) is 5.75 Å². The standard InChI is InChI=1S/C12H13FO2/c1-7(2)12-9-4-3-8(13)5-11(9)15-6-10(12)14/h3-5,7,12H,6H2,1-2H3/t12-/m0/s1. The van der Waals surface area contributed by atoms with Crippen molar-refractivity contribution in [3.63, 3.8) is 0 Å². The van der Waals surface area contributed by atoms with E-state index in [0.717, 1.165) is 5.56 Å². The number of fused-ring (bicyclic) bond motifs is 1. The predicted octanol–water partition coefficient (Wildman–Crippen LogP) is 2.53. The monoisotopic (exact) mass is 208 g/mol. The molecule has 0 aromatic heterocycles. The SMILES string of the molecule is CC(C)[C@@H]1C(=O)COc2cc(F)ccc21. The van der Waals surface area contributed by atoms with Crippen LogP contribution in [0.2, 0.25) is 0 Å². The Kier molecular flexibility index (Phi) is 2.47. The van der Waals surface area contributed by atoms with Gasteiger partial charge in [0.05, 0.1) is 5.92 Å². The number of carbonyl (C=O) groups excluding carboxylic acids is 1. The maximum Gasteiger partial charge on any atom is 0.178 e. The van der Waals surface area contributed by atoms with Gasteiger partial charge in [-0.15, -0.1) is 0 Å². The van der Waals surface area contributed by atoms with Gasteiger partial charge in [-0.2, -0.15) is 0 Å². The first-order chi connectivity index (χ1) is 7.09. The van der Waals surface area contributed by atoms with Crippen LogP contribution in [0.1, 0.15) is 25.3 Å². The van der Waals surface area contributed by atoms with Gasteiger partial charge in [-0.25, -0.2) is 4.39 Å². The van der Waals surface area contributed by atoms with Gasteiger partial charge in [0.2, 0.25) is 0 Å². The van der Waals surface area contributed by atoms with E-state index in [0.29, 0.717) is 5.75 Å². The predicted molar refractivity (Wildman–Crippen MR) is 54.5 cm³/mol. The van der Waals surface area contributed by atoms with E-state index in [1.807, 2.05) is 13.8 Å². The Labute approximate surface area is 88.1 Å². The van der Waals surface area contributed by atoms with Crippen LogP contribution in [-0.4, -0.2) is 12.4 Å². The van der Waals surface area contributed by atoms with Crippen LogP contribution in [0.25, 0.3) is 0 Å². The van der Waals surface area contributed by atoms with Gasteiger partial charge in [0.15, 0.2) is 5.78 Å². The molecule has 0 spiro atoms. The highest BCUT2D eigenvalue weighted by Crippen LogP contribution is 2.36. The maximum atomic E-state index is 13.0. The van der Waals surface area contributed by atoms with Crippen molar-refractivity contribution in [1.29, 1.82) is 0 Å². The van der Waals surface area contributed by atoms with E-state index in [1.165, 1.54) is 12.1 Å². The van der Waals surface area contributed by atoms with E-state index in [-0.39, 0.29) is 30.0 Å². The van der Waals surface area contributed by atoms with Crippen molar-refractivity contribution in [2.24, 2.45) is 5.92 Å². The third-order valence-corrected chi connectivity index (χ3v) is 2.69. The first kappa shape index (κ1) is 10.1. The van der Waals surface area contributed by atoms with E-state index >= 15 is 0 Å². The van der Waals surface area contributed by atoms with Crippen molar-refractivity contribution in [2.75, 3.05) is 6.61 Å². The number of rotatable bonds is 1. The molecule has 0 amide bonds. The van der Waals surface area contributed by atoms with E-state index in [2.05, 4.69) is 0 Å². The largest absolute Gasteiger partial charge is 0.485 e. The van der Waals surface area contributed by atoms with Crippen molar-refractivity contribution >= 4 is 5.78 Å². The highest BCUT2D eigenvalue weighted by Gasteiger charge is 2.31. The molecule has 2 rings (SSSR count). The zero-order valence-corrected chi connectivity index (χ0v) is 8.79. The zero-order valence-electron chi connectivity index (χ0n) is 8.79. The molecule has 1 aromatic carbocycles. The van der Waals surface area contributed by atoms with Crippen LogP contribution in [0.15, 0.2) is 18.2 Å².